The van der Waals surface area contributed by atoms with Gasteiger partial charge in [0.2, 0.25) is 5.91 Å². The molecule has 0 unspecified atom stereocenters. The summed E-state index contributed by atoms with van der Waals surface area (Å²) in [5.41, 5.74) is 1.70. The Morgan fingerprint density at radius 3 is 2.19 bits per heavy atom. The fourth-order valence-electron chi connectivity index (χ4n) is 2.20. The van der Waals surface area contributed by atoms with Crippen molar-refractivity contribution in [2.24, 2.45) is 0 Å². The third-order valence-electron chi connectivity index (χ3n) is 3.78. The number of carboxylic acid groups (broad SMARTS) is 1. The number of para-hydroxylation sites is 1. The van der Waals surface area contributed by atoms with Crippen LogP contribution < -0.4 is 5.32 Å². The molecule has 0 bridgehead atoms. The molecule has 0 fully saturated rings. The SMILES string of the molecule is CCN(CC(=O)Nc1c(C)cccc1C)C(C)(C)C(=O)O. The molecule has 0 aromatic heterocycles. The summed E-state index contributed by atoms with van der Waals surface area (Å²) in [5.74, 6) is -1.15. The van der Waals surface area contributed by atoms with E-state index >= 15 is 0 Å². The van der Waals surface area contributed by atoms with E-state index < -0.39 is 11.5 Å². The normalized spacial score (nSPS) is 11.5. The minimum Gasteiger partial charge on any atom is -0.480 e. The van der Waals surface area contributed by atoms with Gasteiger partial charge in [-0.15, -0.1) is 0 Å². The zero-order chi connectivity index (χ0) is 16.2. The van der Waals surface area contributed by atoms with Crippen LogP contribution in [0, 0.1) is 13.8 Å². The summed E-state index contributed by atoms with van der Waals surface area (Å²) in [5, 5.41) is 12.1. The Morgan fingerprint density at radius 1 is 1.24 bits per heavy atom. The number of likely N-dealkylation sites (N-methyl/N-ethyl adjacent to an activating group) is 1. The number of carbonyl (C=O) groups is 2. The molecule has 1 aromatic carbocycles. The predicted molar refractivity (Wildman–Crippen MR) is 83.5 cm³/mol. The van der Waals surface area contributed by atoms with E-state index in [1.807, 2.05) is 39.0 Å². The van der Waals surface area contributed by atoms with Gasteiger partial charge in [-0.25, -0.2) is 0 Å². The van der Waals surface area contributed by atoms with Gasteiger partial charge < -0.3 is 10.4 Å². The quantitative estimate of drug-likeness (QED) is 0.845. The maximum absolute atomic E-state index is 12.2. The number of anilines is 1. The minimum atomic E-state index is -1.08. The van der Waals surface area contributed by atoms with Crippen LogP contribution in [-0.4, -0.2) is 40.5 Å². The molecule has 0 saturated carbocycles. The van der Waals surface area contributed by atoms with Crippen LogP contribution in [0.4, 0.5) is 5.69 Å². The molecule has 2 N–H and O–H groups in total. The molecule has 0 saturated heterocycles. The third-order valence-corrected chi connectivity index (χ3v) is 3.78. The average Bonchev–Trinajstić information content (AvgIpc) is 2.40. The second-order valence-electron chi connectivity index (χ2n) is 5.69. The first kappa shape index (κ1) is 17.2. The zero-order valence-corrected chi connectivity index (χ0v) is 13.4. The lowest BCUT2D eigenvalue weighted by Gasteiger charge is -2.33. The summed E-state index contributed by atoms with van der Waals surface area (Å²) in [6.45, 7) is 9.44. The van der Waals surface area contributed by atoms with E-state index in [0.717, 1.165) is 16.8 Å². The first-order chi connectivity index (χ1) is 9.70. The Morgan fingerprint density at radius 2 is 1.76 bits per heavy atom. The number of carboxylic acids is 1. The molecule has 0 heterocycles. The highest BCUT2D eigenvalue weighted by atomic mass is 16.4. The first-order valence-corrected chi connectivity index (χ1v) is 7.04. The molecule has 1 rings (SSSR count). The Kier molecular flexibility index (Phi) is 5.49. The molecule has 0 atom stereocenters. The maximum Gasteiger partial charge on any atom is 0.323 e. The van der Waals surface area contributed by atoms with Crippen LogP contribution in [-0.2, 0) is 9.59 Å². The summed E-state index contributed by atoms with van der Waals surface area (Å²) in [7, 11) is 0. The monoisotopic (exact) mass is 292 g/mol. The van der Waals surface area contributed by atoms with Crippen LogP contribution in [0.2, 0.25) is 0 Å². The highest BCUT2D eigenvalue weighted by molar-refractivity contribution is 5.94. The van der Waals surface area contributed by atoms with Crippen LogP contribution in [0.1, 0.15) is 31.9 Å². The van der Waals surface area contributed by atoms with Crippen molar-refractivity contribution in [3.05, 3.63) is 29.3 Å². The lowest BCUT2D eigenvalue weighted by Crippen LogP contribution is -2.52. The molecule has 0 aliphatic carbocycles. The minimum absolute atomic E-state index is 0.0452. The van der Waals surface area contributed by atoms with Crippen molar-refractivity contribution >= 4 is 17.6 Å². The standard InChI is InChI=1S/C16H24N2O3/c1-6-18(16(4,5)15(20)21)10-13(19)17-14-11(2)8-7-9-12(14)3/h7-9H,6,10H2,1-5H3,(H,17,19)(H,20,21). The Labute approximate surface area is 126 Å². The molecule has 1 amide bonds. The van der Waals surface area contributed by atoms with Gasteiger partial charge >= 0.3 is 5.97 Å². The van der Waals surface area contributed by atoms with E-state index in [1.54, 1.807) is 18.7 Å². The number of hydrogen-bond acceptors (Lipinski definition) is 3. The number of aliphatic carboxylic acids is 1. The summed E-state index contributed by atoms with van der Waals surface area (Å²) < 4.78 is 0. The number of hydrogen-bond donors (Lipinski definition) is 2. The van der Waals surface area contributed by atoms with Gasteiger partial charge in [-0.3, -0.25) is 14.5 Å². The Bertz CT molecular complexity index is 518. The van der Waals surface area contributed by atoms with E-state index in [9.17, 15) is 14.7 Å². The van der Waals surface area contributed by atoms with Crippen LogP contribution in [0.5, 0.6) is 0 Å². The molecule has 0 aliphatic rings. The van der Waals surface area contributed by atoms with Gasteiger partial charge in [0.15, 0.2) is 0 Å². The number of aryl methyl sites for hydroxylation is 2. The van der Waals surface area contributed by atoms with Gasteiger partial charge in [-0.05, 0) is 45.4 Å². The Balaban J connectivity index is 2.83. The first-order valence-electron chi connectivity index (χ1n) is 7.04. The molecule has 5 nitrogen and oxygen atoms in total. The number of rotatable bonds is 6. The summed E-state index contributed by atoms with van der Waals surface area (Å²) >= 11 is 0. The third kappa shape index (κ3) is 4.04. The summed E-state index contributed by atoms with van der Waals surface area (Å²) in [4.78, 5) is 25.1. The smallest absolute Gasteiger partial charge is 0.323 e. The van der Waals surface area contributed by atoms with Crippen molar-refractivity contribution in [2.45, 2.75) is 40.2 Å². The molecular weight excluding hydrogens is 268 g/mol. The predicted octanol–water partition coefficient (Wildman–Crippen LogP) is 2.43. The lowest BCUT2D eigenvalue weighted by atomic mass is 10.0. The average molecular weight is 292 g/mol. The molecule has 0 spiro atoms. The van der Waals surface area contributed by atoms with Gasteiger partial charge in [-0.1, -0.05) is 25.1 Å². The van der Waals surface area contributed by atoms with Crippen LogP contribution in [0.3, 0.4) is 0 Å². The molecule has 116 valence electrons. The lowest BCUT2D eigenvalue weighted by molar-refractivity contribution is -0.149. The van der Waals surface area contributed by atoms with Crippen molar-refractivity contribution in [3.63, 3.8) is 0 Å². The van der Waals surface area contributed by atoms with Crippen molar-refractivity contribution in [3.8, 4) is 0 Å². The van der Waals surface area contributed by atoms with E-state index in [0.29, 0.717) is 6.54 Å². The number of carbonyl (C=O) groups excluding carboxylic acids is 1. The fourth-order valence-corrected chi connectivity index (χ4v) is 2.20. The largest absolute Gasteiger partial charge is 0.480 e. The van der Waals surface area contributed by atoms with Crippen LogP contribution in [0.15, 0.2) is 18.2 Å². The van der Waals surface area contributed by atoms with Gasteiger partial charge in [0.05, 0.1) is 6.54 Å². The second kappa shape index (κ2) is 6.72. The van der Waals surface area contributed by atoms with E-state index in [4.69, 9.17) is 0 Å². The zero-order valence-electron chi connectivity index (χ0n) is 13.4. The number of benzene rings is 1. The summed E-state index contributed by atoms with van der Waals surface area (Å²) in [6, 6.07) is 5.80. The van der Waals surface area contributed by atoms with Crippen molar-refractivity contribution in [1.29, 1.82) is 0 Å². The van der Waals surface area contributed by atoms with Gasteiger partial charge in [0, 0.05) is 5.69 Å². The topological polar surface area (TPSA) is 69.6 Å². The number of amides is 1. The molecule has 0 aliphatic heterocycles. The van der Waals surface area contributed by atoms with E-state index in [1.165, 1.54) is 0 Å². The van der Waals surface area contributed by atoms with Crippen molar-refractivity contribution in [1.82, 2.24) is 4.90 Å². The fraction of sp³-hybridized carbons (Fsp3) is 0.500. The van der Waals surface area contributed by atoms with Crippen LogP contribution >= 0.6 is 0 Å². The molecule has 1 aromatic rings. The maximum atomic E-state index is 12.2. The highest BCUT2D eigenvalue weighted by Crippen LogP contribution is 2.20. The van der Waals surface area contributed by atoms with E-state index in [2.05, 4.69) is 5.32 Å². The van der Waals surface area contributed by atoms with Gasteiger partial charge in [0.25, 0.3) is 0 Å². The second-order valence-corrected chi connectivity index (χ2v) is 5.69. The Hall–Kier alpha value is -1.88. The van der Waals surface area contributed by atoms with E-state index in [-0.39, 0.29) is 12.5 Å². The highest BCUT2D eigenvalue weighted by Gasteiger charge is 2.34. The van der Waals surface area contributed by atoms with Gasteiger partial charge in [0.1, 0.15) is 5.54 Å². The number of nitrogens with zero attached hydrogens (tertiary/aromatic N) is 1. The van der Waals surface area contributed by atoms with Crippen molar-refractivity contribution < 1.29 is 14.7 Å². The van der Waals surface area contributed by atoms with Crippen molar-refractivity contribution in [2.75, 3.05) is 18.4 Å². The molecule has 5 heteroatoms. The molecule has 21 heavy (non-hydrogen) atoms. The summed E-state index contributed by atoms with van der Waals surface area (Å²) in [6.07, 6.45) is 0. The van der Waals surface area contributed by atoms with Gasteiger partial charge in [-0.2, -0.15) is 0 Å². The molecule has 0 radical (unpaired) electrons. The van der Waals surface area contributed by atoms with Crippen LogP contribution in [0.25, 0.3) is 0 Å². The molecular formula is C16H24N2O3. The number of nitrogens with one attached hydrogen (secondary N) is 1.